The van der Waals surface area contributed by atoms with Crippen molar-refractivity contribution < 1.29 is 28.9 Å². The monoisotopic (exact) mass is 402 g/mol. The molecule has 0 radical (unpaired) electrons. The lowest BCUT2D eigenvalue weighted by Gasteiger charge is -2.20. The number of aliphatic hydroxyl groups excluding tert-OH is 1. The quantitative estimate of drug-likeness (QED) is 0.433. The normalized spacial score (nSPS) is 13.1. The molecule has 0 aliphatic rings. The van der Waals surface area contributed by atoms with Gasteiger partial charge >= 0.3 is 11.9 Å². The van der Waals surface area contributed by atoms with Crippen LogP contribution in [0.1, 0.15) is 38.7 Å². The smallest absolute Gasteiger partial charge is 0.338 e. The number of carbonyl (C=O) groups is 2. The average Bonchev–Trinajstić information content (AvgIpc) is 2.73. The highest BCUT2D eigenvalue weighted by molar-refractivity contribution is 5.85. The minimum Gasteiger partial charge on any atom is -0.464 e. The number of unbranched alkanes of at least 4 members (excludes halogenated alkanes) is 2. The largest absolute Gasteiger partial charge is 0.464 e. The van der Waals surface area contributed by atoms with Crippen molar-refractivity contribution in [2.45, 2.75) is 51.7 Å². The van der Waals surface area contributed by atoms with Gasteiger partial charge in [0.1, 0.15) is 0 Å². The van der Waals surface area contributed by atoms with E-state index in [9.17, 15) is 14.7 Å². The molecule has 158 valence electrons. The van der Waals surface area contributed by atoms with Gasteiger partial charge < -0.3 is 19.3 Å². The third kappa shape index (κ3) is 7.15. The van der Waals surface area contributed by atoms with Gasteiger partial charge in [-0.25, -0.2) is 9.59 Å². The molecule has 2 unspecified atom stereocenters. The van der Waals surface area contributed by atoms with Gasteiger partial charge in [-0.2, -0.15) is 0 Å². The molecule has 0 spiro atoms. The van der Waals surface area contributed by atoms with Gasteiger partial charge in [-0.05, 0) is 49.4 Å². The lowest BCUT2D eigenvalue weighted by atomic mass is 10.0. The summed E-state index contributed by atoms with van der Waals surface area (Å²) in [5, 5.41) is 12.5. The highest BCUT2D eigenvalue weighted by atomic mass is 16.6. The summed E-state index contributed by atoms with van der Waals surface area (Å²) in [5.41, 5.74) is 1.28. The van der Waals surface area contributed by atoms with Crippen LogP contribution in [0.3, 0.4) is 0 Å². The van der Waals surface area contributed by atoms with Gasteiger partial charge in [0.15, 0.2) is 12.2 Å². The Kier molecular flexibility index (Phi) is 9.60. The summed E-state index contributed by atoms with van der Waals surface area (Å²) in [6.07, 6.45) is 0.488. The van der Waals surface area contributed by atoms with Gasteiger partial charge in [0.2, 0.25) is 0 Å². The molecule has 0 aliphatic heterocycles. The topological polar surface area (TPSA) is 82.1 Å². The van der Waals surface area contributed by atoms with Crippen molar-refractivity contribution in [1.29, 1.82) is 0 Å². The van der Waals surface area contributed by atoms with Crippen LogP contribution in [0.4, 0.5) is 0 Å². The lowest BCUT2D eigenvalue weighted by Crippen LogP contribution is -2.43. The summed E-state index contributed by atoms with van der Waals surface area (Å²) in [6.45, 7) is 3.77. The molecule has 29 heavy (non-hydrogen) atoms. The Morgan fingerprint density at radius 1 is 0.897 bits per heavy atom. The first-order valence-electron chi connectivity index (χ1n) is 10.2. The van der Waals surface area contributed by atoms with Crippen LogP contribution < -0.4 is 0 Å². The average molecular weight is 402 g/mol. The number of ether oxygens (including phenoxy) is 3. The highest BCUT2D eigenvalue weighted by Gasteiger charge is 2.35. The van der Waals surface area contributed by atoms with Crippen molar-refractivity contribution in [3.63, 3.8) is 0 Å². The van der Waals surface area contributed by atoms with Gasteiger partial charge in [0.25, 0.3) is 0 Å². The second-order valence-electron chi connectivity index (χ2n) is 6.73. The second kappa shape index (κ2) is 12.2. The third-order valence-electron chi connectivity index (χ3n) is 4.55. The number of esters is 2. The maximum Gasteiger partial charge on any atom is 0.338 e. The molecule has 0 aliphatic carbocycles. The van der Waals surface area contributed by atoms with E-state index in [0.717, 1.165) is 19.3 Å². The number of carbonyl (C=O) groups excluding carboxylic acids is 2. The van der Waals surface area contributed by atoms with Crippen molar-refractivity contribution in [1.82, 2.24) is 0 Å². The first-order valence-corrected chi connectivity index (χ1v) is 10.2. The summed E-state index contributed by atoms with van der Waals surface area (Å²) in [7, 11) is 0. The SMILES string of the molecule is CCOC(=O)C(O)C(OCCCCCc1ccc2ccccc2c1)C(=O)OCC. The van der Waals surface area contributed by atoms with Gasteiger partial charge in [-0.15, -0.1) is 0 Å². The van der Waals surface area contributed by atoms with E-state index in [1.807, 2.05) is 12.1 Å². The van der Waals surface area contributed by atoms with Crippen molar-refractivity contribution >= 4 is 22.7 Å². The van der Waals surface area contributed by atoms with E-state index >= 15 is 0 Å². The molecule has 2 rings (SSSR count). The van der Waals surface area contributed by atoms with E-state index in [4.69, 9.17) is 14.2 Å². The van der Waals surface area contributed by atoms with Crippen LogP contribution in [-0.2, 0) is 30.2 Å². The van der Waals surface area contributed by atoms with Crippen molar-refractivity contribution in [3.8, 4) is 0 Å². The number of hydrogen-bond acceptors (Lipinski definition) is 6. The number of rotatable bonds is 12. The molecule has 0 heterocycles. The maximum absolute atomic E-state index is 12.0. The van der Waals surface area contributed by atoms with Gasteiger partial charge in [-0.1, -0.05) is 48.9 Å². The molecule has 0 bridgehead atoms. The zero-order valence-corrected chi connectivity index (χ0v) is 17.1. The van der Waals surface area contributed by atoms with Gasteiger partial charge in [-0.3, -0.25) is 0 Å². The second-order valence-corrected chi connectivity index (χ2v) is 6.73. The summed E-state index contributed by atoms with van der Waals surface area (Å²) < 4.78 is 15.1. The number of benzene rings is 2. The Labute approximate surface area is 171 Å². The zero-order chi connectivity index (χ0) is 21.1. The Morgan fingerprint density at radius 2 is 1.59 bits per heavy atom. The molecular weight excluding hydrogens is 372 g/mol. The lowest BCUT2D eigenvalue weighted by molar-refractivity contribution is -0.177. The van der Waals surface area contributed by atoms with Crippen LogP contribution in [-0.4, -0.2) is 49.1 Å². The summed E-state index contributed by atoms with van der Waals surface area (Å²) in [5.74, 6) is -1.65. The van der Waals surface area contributed by atoms with Crippen molar-refractivity contribution in [3.05, 3.63) is 48.0 Å². The van der Waals surface area contributed by atoms with E-state index in [2.05, 4.69) is 30.3 Å². The summed E-state index contributed by atoms with van der Waals surface area (Å²) >= 11 is 0. The van der Waals surface area contributed by atoms with Crippen LogP contribution in [0.15, 0.2) is 42.5 Å². The number of aliphatic hydroxyl groups is 1. The molecule has 6 heteroatoms. The fourth-order valence-electron chi connectivity index (χ4n) is 3.08. The van der Waals surface area contributed by atoms with Crippen LogP contribution in [0.2, 0.25) is 0 Å². The molecule has 6 nitrogen and oxygen atoms in total. The van der Waals surface area contributed by atoms with Gasteiger partial charge in [0.05, 0.1) is 13.2 Å². The molecule has 0 aromatic heterocycles. The minimum absolute atomic E-state index is 0.111. The Balaban J connectivity index is 1.76. The number of aryl methyl sites for hydroxylation is 1. The summed E-state index contributed by atoms with van der Waals surface area (Å²) in [6, 6.07) is 14.8. The standard InChI is InChI=1S/C23H30O6/c1-3-27-22(25)20(24)21(23(26)28-4-2)29-15-9-5-6-10-17-13-14-18-11-7-8-12-19(18)16-17/h7-8,11-14,16,20-21,24H,3-6,9-10,15H2,1-2H3. The molecule has 1 N–H and O–H groups in total. The predicted molar refractivity (Wildman–Crippen MR) is 111 cm³/mol. The van der Waals surface area contributed by atoms with Crippen LogP contribution in [0.5, 0.6) is 0 Å². The Hall–Kier alpha value is -2.44. The molecule has 0 amide bonds. The first kappa shape index (κ1) is 22.8. The van der Waals surface area contributed by atoms with E-state index in [1.54, 1.807) is 13.8 Å². The minimum atomic E-state index is -1.69. The zero-order valence-electron chi connectivity index (χ0n) is 17.1. The summed E-state index contributed by atoms with van der Waals surface area (Å²) in [4.78, 5) is 23.7. The van der Waals surface area contributed by atoms with Crippen LogP contribution in [0, 0.1) is 0 Å². The Bertz CT molecular complexity index is 788. The van der Waals surface area contributed by atoms with Gasteiger partial charge in [0, 0.05) is 6.61 Å². The molecule has 2 atom stereocenters. The molecule has 2 aromatic rings. The number of hydrogen-bond donors (Lipinski definition) is 1. The van der Waals surface area contributed by atoms with Crippen LogP contribution >= 0.6 is 0 Å². The van der Waals surface area contributed by atoms with Crippen molar-refractivity contribution in [2.75, 3.05) is 19.8 Å². The fourth-order valence-corrected chi connectivity index (χ4v) is 3.08. The van der Waals surface area contributed by atoms with E-state index in [-0.39, 0.29) is 19.8 Å². The molecule has 0 saturated heterocycles. The number of fused-ring (bicyclic) bond motifs is 1. The molecular formula is C23H30O6. The predicted octanol–water partition coefficient (Wildman–Crippen LogP) is 3.42. The highest BCUT2D eigenvalue weighted by Crippen LogP contribution is 2.17. The van der Waals surface area contributed by atoms with E-state index < -0.39 is 24.1 Å². The van der Waals surface area contributed by atoms with Crippen molar-refractivity contribution in [2.24, 2.45) is 0 Å². The molecule has 0 fully saturated rings. The maximum atomic E-state index is 12.0. The third-order valence-corrected chi connectivity index (χ3v) is 4.55. The molecule has 0 saturated carbocycles. The Morgan fingerprint density at radius 3 is 2.31 bits per heavy atom. The fraction of sp³-hybridized carbons (Fsp3) is 0.478. The van der Waals surface area contributed by atoms with E-state index in [0.29, 0.717) is 6.42 Å². The van der Waals surface area contributed by atoms with E-state index in [1.165, 1.54) is 16.3 Å². The van der Waals surface area contributed by atoms with Crippen LogP contribution in [0.25, 0.3) is 10.8 Å². The molecule has 2 aromatic carbocycles. The first-order chi connectivity index (χ1) is 14.1.